The molecule has 0 atom stereocenters. The van der Waals surface area contributed by atoms with Gasteiger partial charge in [0, 0.05) is 25.7 Å². The van der Waals surface area contributed by atoms with E-state index in [0.29, 0.717) is 25.7 Å². The molecule has 2 heterocycles. The molecular formula is C13H22O5. The van der Waals surface area contributed by atoms with Gasteiger partial charge in [-0.15, -0.1) is 0 Å². The minimum absolute atomic E-state index is 0.190. The van der Waals surface area contributed by atoms with Gasteiger partial charge in [-0.2, -0.15) is 0 Å². The van der Waals surface area contributed by atoms with Crippen molar-refractivity contribution in [1.29, 1.82) is 0 Å². The SMILES string of the molecule is O=C(CCC1OCCCO1)CCC1OCCCO1. The zero-order valence-electron chi connectivity index (χ0n) is 10.8. The Labute approximate surface area is 108 Å². The molecule has 0 aromatic carbocycles. The zero-order valence-corrected chi connectivity index (χ0v) is 10.8. The molecule has 0 N–H and O–H groups in total. The second-order valence-electron chi connectivity index (χ2n) is 4.67. The predicted octanol–water partition coefficient (Wildman–Crippen LogP) is 1.64. The lowest BCUT2D eigenvalue weighted by Gasteiger charge is -2.24. The number of ketones is 1. The normalized spacial score (nSPS) is 23.1. The molecule has 5 nitrogen and oxygen atoms in total. The van der Waals surface area contributed by atoms with Crippen LogP contribution in [0.1, 0.15) is 38.5 Å². The van der Waals surface area contributed by atoms with Crippen molar-refractivity contribution in [2.75, 3.05) is 26.4 Å². The molecule has 0 unspecified atom stereocenters. The van der Waals surface area contributed by atoms with Crippen molar-refractivity contribution in [2.45, 2.75) is 51.1 Å². The Morgan fingerprint density at radius 1 is 0.778 bits per heavy atom. The summed E-state index contributed by atoms with van der Waals surface area (Å²) in [4.78, 5) is 11.7. The van der Waals surface area contributed by atoms with Gasteiger partial charge in [0.15, 0.2) is 12.6 Å². The maximum Gasteiger partial charge on any atom is 0.157 e. The zero-order chi connectivity index (χ0) is 12.6. The summed E-state index contributed by atoms with van der Waals surface area (Å²) in [7, 11) is 0. The highest BCUT2D eigenvalue weighted by Crippen LogP contribution is 2.14. The average molecular weight is 258 g/mol. The van der Waals surface area contributed by atoms with Gasteiger partial charge >= 0.3 is 0 Å². The minimum Gasteiger partial charge on any atom is -0.353 e. The van der Waals surface area contributed by atoms with Crippen LogP contribution in [0, 0.1) is 0 Å². The minimum atomic E-state index is -0.190. The first-order valence-corrected chi connectivity index (χ1v) is 6.83. The van der Waals surface area contributed by atoms with Crippen LogP contribution >= 0.6 is 0 Å². The topological polar surface area (TPSA) is 54.0 Å². The standard InChI is InChI=1S/C13H22O5/c14-11(3-5-12-15-7-1-8-16-12)4-6-13-17-9-2-10-18-13/h12-13H,1-10H2. The third kappa shape index (κ3) is 5.02. The first kappa shape index (κ1) is 13.9. The fourth-order valence-electron chi connectivity index (χ4n) is 2.09. The first-order valence-electron chi connectivity index (χ1n) is 6.83. The molecule has 2 saturated heterocycles. The maximum absolute atomic E-state index is 11.7. The van der Waals surface area contributed by atoms with E-state index in [0.717, 1.165) is 39.3 Å². The van der Waals surface area contributed by atoms with E-state index in [1.54, 1.807) is 0 Å². The van der Waals surface area contributed by atoms with E-state index < -0.39 is 0 Å². The van der Waals surface area contributed by atoms with Crippen molar-refractivity contribution in [3.63, 3.8) is 0 Å². The van der Waals surface area contributed by atoms with Gasteiger partial charge in [-0.1, -0.05) is 0 Å². The van der Waals surface area contributed by atoms with Gasteiger partial charge < -0.3 is 18.9 Å². The second kappa shape index (κ2) is 7.84. The van der Waals surface area contributed by atoms with Crippen LogP contribution in [0.15, 0.2) is 0 Å². The lowest BCUT2D eigenvalue weighted by Crippen LogP contribution is -2.26. The summed E-state index contributed by atoms with van der Waals surface area (Å²) in [6.45, 7) is 2.95. The second-order valence-corrected chi connectivity index (χ2v) is 4.67. The van der Waals surface area contributed by atoms with Gasteiger partial charge in [-0.05, 0) is 12.8 Å². The highest BCUT2D eigenvalue weighted by Gasteiger charge is 2.18. The van der Waals surface area contributed by atoms with Gasteiger partial charge in [0.25, 0.3) is 0 Å². The summed E-state index contributed by atoms with van der Waals surface area (Å²) >= 11 is 0. The van der Waals surface area contributed by atoms with Crippen LogP contribution in [0.2, 0.25) is 0 Å². The average Bonchev–Trinajstić information content (AvgIpc) is 2.45. The van der Waals surface area contributed by atoms with Crippen LogP contribution in [-0.2, 0) is 23.7 Å². The molecule has 0 amide bonds. The van der Waals surface area contributed by atoms with E-state index in [1.807, 2.05) is 0 Å². The van der Waals surface area contributed by atoms with E-state index in [2.05, 4.69) is 0 Å². The number of carbonyl (C=O) groups excluding carboxylic acids is 1. The summed E-state index contributed by atoms with van der Waals surface area (Å²) in [6, 6.07) is 0. The fraction of sp³-hybridized carbons (Fsp3) is 0.923. The Balaban J connectivity index is 1.54. The highest BCUT2D eigenvalue weighted by molar-refractivity contribution is 5.78. The number of carbonyl (C=O) groups is 1. The Morgan fingerprint density at radius 3 is 1.56 bits per heavy atom. The summed E-state index contributed by atoms with van der Waals surface area (Å²) in [5.41, 5.74) is 0. The molecule has 0 spiro atoms. The third-order valence-electron chi connectivity index (χ3n) is 3.11. The summed E-state index contributed by atoms with van der Waals surface area (Å²) in [5, 5.41) is 0. The largest absolute Gasteiger partial charge is 0.353 e. The molecule has 0 aromatic rings. The smallest absolute Gasteiger partial charge is 0.157 e. The van der Waals surface area contributed by atoms with Crippen LogP contribution in [0.5, 0.6) is 0 Å². The number of Topliss-reactive ketones (excluding diaryl/α,β-unsaturated/α-hetero) is 1. The van der Waals surface area contributed by atoms with Gasteiger partial charge in [0.1, 0.15) is 5.78 Å². The van der Waals surface area contributed by atoms with Crippen molar-refractivity contribution in [1.82, 2.24) is 0 Å². The lowest BCUT2D eigenvalue weighted by molar-refractivity contribution is -0.185. The lowest BCUT2D eigenvalue weighted by atomic mass is 10.1. The molecular weight excluding hydrogens is 236 g/mol. The van der Waals surface area contributed by atoms with Gasteiger partial charge in [0.2, 0.25) is 0 Å². The third-order valence-corrected chi connectivity index (χ3v) is 3.11. The predicted molar refractivity (Wildman–Crippen MR) is 64.1 cm³/mol. The molecule has 0 aliphatic carbocycles. The Kier molecular flexibility index (Phi) is 6.07. The Hall–Kier alpha value is -0.490. The molecule has 2 aliphatic heterocycles. The van der Waals surface area contributed by atoms with Crippen molar-refractivity contribution in [3.05, 3.63) is 0 Å². The van der Waals surface area contributed by atoms with E-state index in [1.165, 1.54) is 0 Å². The highest BCUT2D eigenvalue weighted by atomic mass is 16.7. The van der Waals surface area contributed by atoms with E-state index in [-0.39, 0.29) is 18.4 Å². The van der Waals surface area contributed by atoms with Gasteiger partial charge in [-0.25, -0.2) is 0 Å². The Bertz CT molecular complexity index is 220. The fourth-order valence-corrected chi connectivity index (χ4v) is 2.09. The molecule has 18 heavy (non-hydrogen) atoms. The molecule has 2 fully saturated rings. The number of hydrogen-bond donors (Lipinski definition) is 0. The molecule has 2 rings (SSSR count). The monoisotopic (exact) mass is 258 g/mol. The maximum atomic E-state index is 11.7. The van der Waals surface area contributed by atoms with E-state index in [4.69, 9.17) is 18.9 Å². The first-order chi connectivity index (χ1) is 8.84. The molecule has 104 valence electrons. The van der Waals surface area contributed by atoms with E-state index in [9.17, 15) is 4.79 Å². The summed E-state index contributed by atoms with van der Waals surface area (Å²) in [6.07, 6.45) is 3.85. The molecule has 0 saturated carbocycles. The van der Waals surface area contributed by atoms with Crippen molar-refractivity contribution in [3.8, 4) is 0 Å². The van der Waals surface area contributed by atoms with Crippen LogP contribution in [0.3, 0.4) is 0 Å². The Morgan fingerprint density at radius 2 is 1.17 bits per heavy atom. The van der Waals surface area contributed by atoms with Crippen molar-refractivity contribution < 1.29 is 23.7 Å². The van der Waals surface area contributed by atoms with Crippen LogP contribution in [0.25, 0.3) is 0 Å². The van der Waals surface area contributed by atoms with E-state index >= 15 is 0 Å². The van der Waals surface area contributed by atoms with Crippen LogP contribution in [0.4, 0.5) is 0 Å². The molecule has 2 aliphatic rings. The molecule has 5 heteroatoms. The van der Waals surface area contributed by atoms with Crippen LogP contribution in [-0.4, -0.2) is 44.8 Å². The quantitative estimate of drug-likeness (QED) is 0.725. The molecule has 0 bridgehead atoms. The van der Waals surface area contributed by atoms with Crippen LogP contribution < -0.4 is 0 Å². The van der Waals surface area contributed by atoms with Crippen molar-refractivity contribution >= 4 is 5.78 Å². The summed E-state index contributed by atoms with van der Waals surface area (Å²) in [5.74, 6) is 0.227. The number of hydrogen-bond acceptors (Lipinski definition) is 5. The number of ether oxygens (including phenoxy) is 4. The van der Waals surface area contributed by atoms with Crippen molar-refractivity contribution in [2.24, 2.45) is 0 Å². The number of rotatable bonds is 6. The summed E-state index contributed by atoms with van der Waals surface area (Å²) < 4.78 is 21.6. The molecule has 0 aromatic heterocycles. The molecule has 0 radical (unpaired) electrons. The van der Waals surface area contributed by atoms with Gasteiger partial charge in [-0.3, -0.25) is 4.79 Å². The van der Waals surface area contributed by atoms with Gasteiger partial charge in [0.05, 0.1) is 26.4 Å².